The van der Waals surface area contributed by atoms with Crippen molar-refractivity contribution in [2.75, 3.05) is 37.7 Å². The molecule has 2 aromatic heterocycles. The first-order valence-corrected chi connectivity index (χ1v) is 11.8. The summed E-state index contributed by atoms with van der Waals surface area (Å²) in [7, 11) is 0. The van der Waals surface area contributed by atoms with Gasteiger partial charge in [0.05, 0.1) is 24.5 Å². The van der Waals surface area contributed by atoms with Crippen LogP contribution in [0.4, 0.5) is 5.95 Å². The summed E-state index contributed by atoms with van der Waals surface area (Å²) in [6.07, 6.45) is 8.60. The molecule has 168 valence electrons. The van der Waals surface area contributed by atoms with Crippen molar-refractivity contribution in [2.45, 2.75) is 44.7 Å². The Bertz CT molecular complexity index is 1010. The van der Waals surface area contributed by atoms with Gasteiger partial charge in [0.15, 0.2) is 0 Å². The monoisotopic (exact) mass is 432 g/mol. The van der Waals surface area contributed by atoms with E-state index >= 15 is 0 Å². The van der Waals surface area contributed by atoms with Gasteiger partial charge in [-0.25, -0.2) is 9.97 Å². The second-order valence-corrected chi connectivity index (χ2v) is 8.91. The van der Waals surface area contributed by atoms with E-state index in [-0.39, 0.29) is 6.61 Å². The minimum atomic E-state index is 0.0775. The van der Waals surface area contributed by atoms with Crippen molar-refractivity contribution in [3.05, 3.63) is 60.0 Å². The second-order valence-electron chi connectivity index (χ2n) is 8.91. The van der Waals surface area contributed by atoms with E-state index in [0.29, 0.717) is 12.5 Å². The fourth-order valence-electron chi connectivity index (χ4n) is 4.98. The Morgan fingerprint density at radius 2 is 1.84 bits per heavy atom. The van der Waals surface area contributed by atoms with Crippen molar-refractivity contribution in [3.8, 4) is 11.3 Å². The summed E-state index contributed by atoms with van der Waals surface area (Å²) in [5, 5.41) is 14.4. The van der Waals surface area contributed by atoms with Crippen molar-refractivity contribution in [1.29, 1.82) is 0 Å². The fraction of sp³-hybridized carbons (Fsp3) is 0.480. The highest BCUT2D eigenvalue weighted by atomic mass is 16.3. The Kier molecular flexibility index (Phi) is 6.46. The Morgan fingerprint density at radius 1 is 1.00 bits per heavy atom. The highest BCUT2D eigenvalue weighted by Crippen LogP contribution is 2.34. The summed E-state index contributed by atoms with van der Waals surface area (Å²) >= 11 is 0. The fourth-order valence-corrected chi connectivity index (χ4v) is 4.98. The maximum atomic E-state index is 9.49. The lowest BCUT2D eigenvalue weighted by molar-refractivity contribution is 0.198. The SMILES string of the molecule is OCCn1cc(-c2ccnc(N3CCCC3)n2)c(C2CCCN(Cc3ccccc3)C2)n1. The standard InChI is InChI=1S/C25H32N6O/c32-16-15-31-19-22(23-10-11-26-25(27-23)30-13-4-5-14-30)24(28-31)21-9-6-12-29(18-21)17-20-7-2-1-3-8-20/h1-3,7-8,10-11,19,21,32H,4-6,9,12-18H2. The zero-order valence-electron chi connectivity index (χ0n) is 18.6. The normalized spacial score (nSPS) is 19.5. The number of rotatable bonds is 7. The number of aliphatic hydroxyl groups is 1. The van der Waals surface area contributed by atoms with E-state index in [9.17, 15) is 5.11 Å². The molecule has 0 aliphatic carbocycles. The third-order valence-electron chi connectivity index (χ3n) is 6.57. The lowest BCUT2D eigenvalue weighted by Crippen LogP contribution is -2.34. The first-order chi connectivity index (χ1) is 15.8. The van der Waals surface area contributed by atoms with Gasteiger partial charge in [-0.05, 0) is 43.9 Å². The summed E-state index contributed by atoms with van der Waals surface area (Å²) < 4.78 is 1.87. The van der Waals surface area contributed by atoms with Gasteiger partial charge in [0.2, 0.25) is 5.95 Å². The number of aliphatic hydroxyl groups excluding tert-OH is 1. The van der Waals surface area contributed by atoms with Crippen LogP contribution in [0.3, 0.4) is 0 Å². The molecule has 2 fully saturated rings. The molecule has 2 aliphatic rings. The van der Waals surface area contributed by atoms with Crippen molar-refractivity contribution >= 4 is 5.95 Å². The molecule has 1 N–H and O–H groups in total. The predicted molar refractivity (Wildman–Crippen MR) is 125 cm³/mol. The number of benzene rings is 1. The lowest BCUT2D eigenvalue weighted by Gasteiger charge is -2.32. The second kappa shape index (κ2) is 9.79. The number of aromatic nitrogens is 4. The number of hydrogen-bond acceptors (Lipinski definition) is 6. The highest BCUT2D eigenvalue weighted by Gasteiger charge is 2.27. The summed E-state index contributed by atoms with van der Waals surface area (Å²) in [6, 6.07) is 12.7. The van der Waals surface area contributed by atoms with Gasteiger partial charge in [-0.3, -0.25) is 9.58 Å². The molecular weight excluding hydrogens is 400 g/mol. The number of hydrogen-bond donors (Lipinski definition) is 1. The molecule has 1 unspecified atom stereocenters. The van der Waals surface area contributed by atoms with Crippen LogP contribution in [0.1, 0.15) is 42.9 Å². The van der Waals surface area contributed by atoms with Gasteiger partial charge in [0.1, 0.15) is 0 Å². The molecule has 3 aromatic rings. The maximum Gasteiger partial charge on any atom is 0.225 e. The van der Waals surface area contributed by atoms with E-state index in [0.717, 1.165) is 68.5 Å². The van der Waals surface area contributed by atoms with Crippen molar-refractivity contribution in [2.24, 2.45) is 0 Å². The van der Waals surface area contributed by atoms with E-state index in [4.69, 9.17) is 10.1 Å². The van der Waals surface area contributed by atoms with Crippen LogP contribution < -0.4 is 4.90 Å². The van der Waals surface area contributed by atoms with Crippen molar-refractivity contribution in [3.63, 3.8) is 0 Å². The third kappa shape index (κ3) is 4.69. The summed E-state index contributed by atoms with van der Waals surface area (Å²) in [5.74, 6) is 1.17. The largest absolute Gasteiger partial charge is 0.394 e. The molecule has 0 bridgehead atoms. The maximum absolute atomic E-state index is 9.49. The highest BCUT2D eigenvalue weighted by molar-refractivity contribution is 5.63. The van der Waals surface area contributed by atoms with Crippen molar-refractivity contribution < 1.29 is 5.11 Å². The molecule has 32 heavy (non-hydrogen) atoms. The van der Waals surface area contributed by atoms with Gasteiger partial charge in [0, 0.05) is 50.1 Å². The summed E-state index contributed by atoms with van der Waals surface area (Å²) in [5.41, 5.74) is 4.46. The topological polar surface area (TPSA) is 70.3 Å². The summed E-state index contributed by atoms with van der Waals surface area (Å²) in [6.45, 7) is 5.70. The van der Waals surface area contributed by atoms with Crippen LogP contribution in [0.2, 0.25) is 0 Å². The van der Waals surface area contributed by atoms with Crippen LogP contribution in [0.25, 0.3) is 11.3 Å². The average molecular weight is 433 g/mol. The summed E-state index contributed by atoms with van der Waals surface area (Å²) in [4.78, 5) is 14.3. The molecule has 0 radical (unpaired) electrons. The van der Waals surface area contributed by atoms with Crippen molar-refractivity contribution in [1.82, 2.24) is 24.6 Å². The van der Waals surface area contributed by atoms with Gasteiger partial charge in [-0.2, -0.15) is 5.10 Å². The van der Waals surface area contributed by atoms with Gasteiger partial charge in [-0.15, -0.1) is 0 Å². The van der Waals surface area contributed by atoms with Crippen LogP contribution in [-0.2, 0) is 13.1 Å². The zero-order chi connectivity index (χ0) is 21.8. The minimum Gasteiger partial charge on any atom is -0.394 e. The Balaban J connectivity index is 1.41. The van der Waals surface area contributed by atoms with Gasteiger partial charge in [0.25, 0.3) is 0 Å². The number of likely N-dealkylation sites (tertiary alicyclic amines) is 1. The van der Waals surface area contributed by atoms with E-state index in [2.05, 4.69) is 51.3 Å². The Labute approximate surface area is 189 Å². The molecule has 1 atom stereocenters. The zero-order valence-corrected chi connectivity index (χ0v) is 18.6. The molecule has 2 saturated heterocycles. The molecule has 2 aliphatic heterocycles. The molecule has 7 heteroatoms. The average Bonchev–Trinajstić information content (AvgIpc) is 3.51. The van der Waals surface area contributed by atoms with Crippen LogP contribution in [0.5, 0.6) is 0 Å². The lowest BCUT2D eigenvalue weighted by atomic mass is 9.91. The van der Waals surface area contributed by atoms with E-state index < -0.39 is 0 Å². The number of nitrogens with zero attached hydrogens (tertiary/aromatic N) is 6. The number of anilines is 1. The van der Waals surface area contributed by atoms with E-state index in [1.54, 1.807) is 0 Å². The van der Waals surface area contributed by atoms with Crippen LogP contribution in [0.15, 0.2) is 48.8 Å². The first kappa shape index (κ1) is 21.1. The van der Waals surface area contributed by atoms with Gasteiger partial charge in [-0.1, -0.05) is 30.3 Å². The number of piperidine rings is 1. The minimum absolute atomic E-state index is 0.0775. The van der Waals surface area contributed by atoms with Crippen LogP contribution in [-0.4, -0.2) is 62.5 Å². The molecule has 1 aromatic carbocycles. The smallest absolute Gasteiger partial charge is 0.225 e. The predicted octanol–water partition coefficient (Wildman–Crippen LogP) is 3.31. The Hall–Kier alpha value is -2.77. The van der Waals surface area contributed by atoms with Crippen LogP contribution >= 0.6 is 0 Å². The van der Waals surface area contributed by atoms with E-state index in [1.165, 1.54) is 18.4 Å². The third-order valence-corrected chi connectivity index (χ3v) is 6.57. The van der Waals surface area contributed by atoms with E-state index in [1.807, 2.05) is 16.9 Å². The van der Waals surface area contributed by atoms with Gasteiger partial charge >= 0.3 is 0 Å². The molecule has 4 heterocycles. The van der Waals surface area contributed by atoms with Gasteiger partial charge < -0.3 is 10.0 Å². The molecular formula is C25H32N6O. The molecule has 0 spiro atoms. The first-order valence-electron chi connectivity index (χ1n) is 11.8. The Morgan fingerprint density at radius 3 is 2.66 bits per heavy atom. The quantitative estimate of drug-likeness (QED) is 0.618. The van der Waals surface area contributed by atoms with Crippen LogP contribution in [0, 0.1) is 0 Å². The molecule has 0 amide bonds. The molecule has 5 rings (SSSR count). The molecule has 7 nitrogen and oxygen atoms in total. The molecule has 0 saturated carbocycles.